The summed E-state index contributed by atoms with van der Waals surface area (Å²) in [6.07, 6.45) is 8.26. The van der Waals surface area contributed by atoms with Gasteiger partial charge in [0.25, 0.3) is 0 Å². The van der Waals surface area contributed by atoms with Gasteiger partial charge in [-0.2, -0.15) is 0 Å². The van der Waals surface area contributed by atoms with Crippen molar-refractivity contribution in [1.29, 1.82) is 0 Å². The molecule has 0 radical (unpaired) electrons. The highest BCUT2D eigenvalue weighted by molar-refractivity contribution is 5.80. The van der Waals surface area contributed by atoms with Crippen LogP contribution in [0.25, 0.3) is 6.08 Å². The Bertz CT molecular complexity index is 539. The highest BCUT2D eigenvalue weighted by Crippen LogP contribution is 2.33. The zero-order valence-electron chi connectivity index (χ0n) is 11.2. The monoisotopic (exact) mass is 258 g/mol. The predicted octanol–water partition coefficient (Wildman–Crippen LogP) is 3.44. The molecule has 0 unspecified atom stereocenters. The van der Waals surface area contributed by atoms with Crippen molar-refractivity contribution in [1.82, 2.24) is 0 Å². The molecule has 1 aliphatic heterocycles. The van der Waals surface area contributed by atoms with Gasteiger partial charge in [-0.3, -0.25) is 0 Å². The van der Waals surface area contributed by atoms with Gasteiger partial charge in [0.05, 0.1) is 0 Å². The van der Waals surface area contributed by atoms with E-state index in [1.807, 2.05) is 18.2 Å². The highest BCUT2D eigenvalue weighted by Gasteiger charge is 2.26. The van der Waals surface area contributed by atoms with Crippen LogP contribution in [0, 0.1) is 0 Å². The van der Waals surface area contributed by atoms with Gasteiger partial charge in [-0.15, -0.1) is 0 Å². The standard InChI is InChI=1S/C16H18O3/c1-16(2)10-9-13-11-12(7-8-14(13)19-16)5-3-4-6-15(17)18/h3-8,11H,9-10H2,1-2H3,(H,17,18)/b5-3+,6-4+. The molecule has 0 spiro atoms. The minimum atomic E-state index is -0.939. The normalized spacial score (nSPS) is 17.4. The number of ether oxygens (including phenoxy) is 1. The van der Waals surface area contributed by atoms with Crippen molar-refractivity contribution >= 4 is 12.0 Å². The second kappa shape index (κ2) is 5.31. The Hall–Kier alpha value is -2.03. The van der Waals surface area contributed by atoms with E-state index in [-0.39, 0.29) is 5.60 Å². The number of rotatable bonds is 3. The first-order chi connectivity index (χ1) is 8.96. The van der Waals surface area contributed by atoms with Crippen LogP contribution in [0.5, 0.6) is 5.75 Å². The summed E-state index contributed by atoms with van der Waals surface area (Å²) in [4.78, 5) is 10.3. The van der Waals surface area contributed by atoms with Crippen molar-refractivity contribution in [3.05, 3.63) is 47.6 Å². The molecule has 1 aromatic rings. The molecular formula is C16H18O3. The average Bonchev–Trinajstić information content (AvgIpc) is 2.33. The van der Waals surface area contributed by atoms with Gasteiger partial charge >= 0.3 is 5.97 Å². The van der Waals surface area contributed by atoms with E-state index in [1.165, 1.54) is 11.6 Å². The van der Waals surface area contributed by atoms with Crippen molar-refractivity contribution in [3.63, 3.8) is 0 Å². The minimum absolute atomic E-state index is 0.0887. The van der Waals surface area contributed by atoms with Crippen LogP contribution in [0.1, 0.15) is 31.4 Å². The topological polar surface area (TPSA) is 46.5 Å². The summed E-state index contributed by atoms with van der Waals surface area (Å²) >= 11 is 0. The van der Waals surface area contributed by atoms with Gasteiger partial charge in [0.2, 0.25) is 0 Å². The number of carboxylic acids is 1. The minimum Gasteiger partial charge on any atom is -0.488 e. The van der Waals surface area contributed by atoms with Crippen molar-refractivity contribution in [2.24, 2.45) is 0 Å². The maximum Gasteiger partial charge on any atom is 0.328 e. The lowest BCUT2D eigenvalue weighted by Gasteiger charge is -2.32. The zero-order valence-corrected chi connectivity index (χ0v) is 11.2. The Morgan fingerprint density at radius 1 is 1.37 bits per heavy atom. The summed E-state index contributed by atoms with van der Waals surface area (Å²) in [6.45, 7) is 4.20. The molecule has 0 atom stereocenters. The van der Waals surface area contributed by atoms with E-state index in [4.69, 9.17) is 9.84 Å². The molecule has 0 amide bonds. The first-order valence-corrected chi connectivity index (χ1v) is 6.36. The number of carboxylic acid groups (broad SMARTS) is 1. The lowest BCUT2D eigenvalue weighted by atomic mass is 9.93. The third-order valence-corrected chi connectivity index (χ3v) is 3.11. The first-order valence-electron chi connectivity index (χ1n) is 6.36. The third-order valence-electron chi connectivity index (χ3n) is 3.11. The maximum atomic E-state index is 10.3. The summed E-state index contributed by atoms with van der Waals surface area (Å²) < 4.78 is 5.92. The summed E-state index contributed by atoms with van der Waals surface area (Å²) in [5, 5.41) is 8.48. The summed E-state index contributed by atoms with van der Waals surface area (Å²) in [6, 6.07) is 6.05. The molecule has 19 heavy (non-hydrogen) atoms. The summed E-state index contributed by atoms with van der Waals surface area (Å²) in [5.41, 5.74) is 2.18. The van der Waals surface area contributed by atoms with Crippen molar-refractivity contribution < 1.29 is 14.6 Å². The summed E-state index contributed by atoms with van der Waals surface area (Å²) in [5.74, 6) is 0.0141. The van der Waals surface area contributed by atoms with E-state index in [1.54, 1.807) is 6.08 Å². The van der Waals surface area contributed by atoms with Crippen LogP contribution in [0.3, 0.4) is 0 Å². The smallest absolute Gasteiger partial charge is 0.328 e. The van der Waals surface area contributed by atoms with E-state index in [0.717, 1.165) is 30.2 Å². The van der Waals surface area contributed by atoms with Crippen LogP contribution >= 0.6 is 0 Å². The fourth-order valence-corrected chi connectivity index (χ4v) is 2.09. The van der Waals surface area contributed by atoms with Crippen LogP contribution in [-0.4, -0.2) is 16.7 Å². The number of benzene rings is 1. The van der Waals surface area contributed by atoms with Crippen molar-refractivity contribution in [2.45, 2.75) is 32.3 Å². The molecule has 0 bridgehead atoms. The maximum absolute atomic E-state index is 10.3. The molecule has 3 heteroatoms. The molecule has 1 aliphatic rings. The molecule has 2 rings (SSSR count). The molecular weight excluding hydrogens is 240 g/mol. The van der Waals surface area contributed by atoms with Crippen molar-refractivity contribution in [3.8, 4) is 5.75 Å². The quantitative estimate of drug-likeness (QED) is 0.667. The first kappa shape index (κ1) is 13.4. The summed E-state index contributed by atoms with van der Waals surface area (Å²) in [7, 11) is 0. The lowest BCUT2D eigenvalue weighted by Crippen LogP contribution is -2.32. The Labute approximate surface area is 113 Å². The molecule has 100 valence electrons. The van der Waals surface area contributed by atoms with Crippen LogP contribution in [0.4, 0.5) is 0 Å². The molecule has 0 saturated heterocycles. The Morgan fingerprint density at radius 2 is 2.16 bits per heavy atom. The van der Waals surface area contributed by atoms with Crippen molar-refractivity contribution in [2.75, 3.05) is 0 Å². The molecule has 0 fully saturated rings. The van der Waals surface area contributed by atoms with Gasteiger partial charge in [0.1, 0.15) is 11.4 Å². The average molecular weight is 258 g/mol. The molecule has 1 aromatic carbocycles. The Kier molecular flexibility index (Phi) is 3.74. The molecule has 1 N–H and O–H groups in total. The van der Waals surface area contributed by atoms with E-state index >= 15 is 0 Å². The highest BCUT2D eigenvalue weighted by atomic mass is 16.5. The number of aryl methyl sites for hydroxylation is 1. The zero-order chi connectivity index (χ0) is 13.9. The lowest BCUT2D eigenvalue weighted by molar-refractivity contribution is -0.131. The SMILES string of the molecule is CC1(C)CCc2cc(/C=C/C=C/C(=O)O)ccc2O1. The largest absolute Gasteiger partial charge is 0.488 e. The van der Waals surface area contributed by atoms with E-state index < -0.39 is 5.97 Å². The molecule has 0 saturated carbocycles. The fraction of sp³-hybridized carbons (Fsp3) is 0.312. The van der Waals surface area contributed by atoms with Gasteiger partial charge in [-0.05, 0) is 49.9 Å². The molecule has 1 heterocycles. The van der Waals surface area contributed by atoms with Gasteiger partial charge in [0.15, 0.2) is 0 Å². The molecule has 0 aliphatic carbocycles. The number of hydrogen-bond acceptors (Lipinski definition) is 2. The third kappa shape index (κ3) is 3.71. The number of carbonyl (C=O) groups is 1. The van der Waals surface area contributed by atoms with Crippen LogP contribution in [-0.2, 0) is 11.2 Å². The number of allylic oxidation sites excluding steroid dienone is 2. The van der Waals surface area contributed by atoms with Crippen LogP contribution < -0.4 is 4.74 Å². The molecule has 3 nitrogen and oxygen atoms in total. The van der Waals surface area contributed by atoms with Gasteiger partial charge in [-0.1, -0.05) is 24.3 Å². The van der Waals surface area contributed by atoms with Crippen LogP contribution in [0.15, 0.2) is 36.4 Å². The van der Waals surface area contributed by atoms with E-state index in [0.29, 0.717) is 0 Å². The van der Waals surface area contributed by atoms with Gasteiger partial charge in [-0.25, -0.2) is 4.79 Å². The second-order valence-electron chi connectivity index (χ2n) is 5.29. The number of aliphatic carboxylic acids is 1. The number of hydrogen-bond donors (Lipinski definition) is 1. The van der Waals surface area contributed by atoms with Crippen LogP contribution in [0.2, 0.25) is 0 Å². The van der Waals surface area contributed by atoms with E-state index in [2.05, 4.69) is 19.9 Å². The fourth-order valence-electron chi connectivity index (χ4n) is 2.09. The Balaban J connectivity index is 2.12. The molecule has 0 aromatic heterocycles. The van der Waals surface area contributed by atoms with Gasteiger partial charge < -0.3 is 9.84 Å². The van der Waals surface area contributed by atoms with Gasteiger partial charge in [0, 0.05) is 6.08 Å². The Morgan fingerprint density at radius 3 is 2.89 bits per heavy atom. The predicted molar refractivity (Wildman–Crippen MR) is 75.3 cm³/mol. The second-order valence-corrected chi connectivity index (χ2v) is 5.29. The number of fused-ring (bicyclic) bond motifs is 1. The van der Waals surface area contributed by atoms with E-state index in [9.17, 15) is 4.79 Å².